The Hall–Kier alpha value is -2.96. The molecule has 0 atom stereocenters. The first-order chi connectivity index (χ1) is 58.7. The minimum atomic E-state index is -0.954. The molecule has 746 valence electrons. The molecule has 0 radical (unpaired) electrons. The van der Waals surface area contributed by atoms with Gasteiger partial charge in [0.25, 0.3) is 0 Å². The number of carbonyl (C=O) groups is 4. The summed E-state index contributed by atoms with van der Waals surface area (Å²) in [5, 5.41) is 202. The molecule has 0 rings (SSSR count). The molecule has 0 saturated heterocycles. The summed E-state index contributed by atoms with van der Waals surface area (Å²) in [6, 6.07) is 0. The maximum atomic E-state index is 10.3. The van der Waals surface area contributed by atoms with Gasteiger partial charge in [0, 0.05) is 25.7 Å². The van der Waals surface area contributed by atoms with Crippen molar-refractivity contribution < 1.29 is 147 Å². The molecule has 29 heteroatoms. The van der Waals surface area contributed by atoms with Gasteiger partial charge in [-0.3, -0.25) is 19.2 Å². The third-order valence-corrected chi connectivity index (χ3v) is 18.9. The third-order valence-electron chi connectivity index (χ3n) is 18.9. The maximum absolute atomic E-state index is 10.3. The summed E-state index contributed by atoms with van der Waals surface area (Å²) in [6.45, 7) is 3.98. The van der Waals surface area contributed by atoms with Gasteiger partial charge in [0.1, 0.15) is 42.7 Å². The lowest BCUT2D eigenvalue weighted by molar-refractivity contribution is -0.138. The Morgan fingerprint density at radius 2 is 0.205 bits per heavy atom. The van der Waals surface area contributed by atoms with Crippen LogP contribution in [0.25, 0.3) is 0 Å². The number of aliphatic hydroxyl groups is 21. The molecule has 0 aromatic carbocycles. The predicted octanol–water partition coefficient (Wildman–Crippen LogP) is 13.7. The van der Waals surface area contributed by atoms with Gasteiger partial charge in [0.05, 0.1) is 92.5 Å². The first-order valence-corrected chi connectivity index (χ1v) is 47.9. The number of hydrogen-bond donors (Lipinski definition) is 25. The van der Waals surface area contributed by atoms with Crippen LogP contribution in [0, 0.1) is 0 Å². The second-order valence-electron chi connectivity index (χ2n) is 31.5. The molecular weight excluding hydrogens is 1580 g/mol. The van der Waals surface area contributed by atoms with Gasteiger partial charge in [-0.15, -0.1) is 0 Å². The molecule has 0 amide bonds. The van der Waals surface area contributed by atoms with Gasteiger partial charge in [-0.2, -0.15) is 0 Å². The predicted molar refractivity (Wildman–Crippen MR) is 490 cm³/mol. The summed E-state index contributed by atoms with van der Waals surface area (Å²) in [7, 11) is 0. The number of carboxylic acid groups (broad SMARTS) is 4. The molecule has 0 aromatic heterocycles. The van der Waals surface area contributed by atoms with Crippen molar-refractivity contribution in [3.05, 3.63) is 0 Å². The van der Waals surface area contributed by atoms with Crippen LogP contribution < -0.4 is 0 Å². The largest absolute Gasteiger partial charge is 0.481 e. The Kier molecular flexibility index (Phi) is 161. The average molecular weight is 1780 g/mol. The Balaban J connectivity index is -0.000000129. The second-order valence-corrected chi connectivity index (χ2v) is 31.5. The number of hydrogen-bond acceptors (Lipinski definition) is 25. The van der Waals surface area contributed by atoms with Gasteiger partial charge < -0.3 is 128 Å². The summed E-state index contributed by atoms with van der Waals surface area (Å²) in [5.74, 6) is -2.61. The zero-order valence-corrected chi connectivity index (χ0v) is 78.0. The third kappa shape index (κ3) is 182. The molecule has 0 fully saturated rings. The highest BCUT2D eigenvalue weighted by atomic mass is 16.4. The second kappa shape index (κ2) is 139. The van der Waals surface area contributed by atoms with Crippen LogP contribution in [-0.4, -0.2) is 287 Å². The molecule has 0 heterocycles. The van der Waals surface area contributed by atoms with E-state index in [4.69, 9.17) is 128 Å². The van der Waals surface area contributed by atoms with Crippen LogP contribution in [0.1, 0.15) is 439 Å². The Morgan fingerprint density at radius 3 is 0.254 bits per heavy atom. The van der Waals surface area contributed by atoms with Gasteiger partial charge in [0.15, 0.2) is 0 Å². The van der Waals surface area contributed by atoms with Crippen molar-refractivity contribution in [2.24, 2.45) is 0 Å². The van der Waals surface area contributed by atoms with Crippen molar-refractivity contribution in [1.82, 2.24) is 0 Å². The van der Waals surface area contributed by atoms with Gasteiger partial charge in [-0.1, -0.05) is 387 Å². The van der Waals surface area contributed by atoms with Gasteiger partial charge in [0.2, 0.25) is 0 Å². The number of carboxylic acids is 4. The summed E-state index contributed by atoms with van der Waals surface area (Å²) in [5.41, 5.74) is 0. The fraction of sp³-hybridized carbons (Fsp3) is 0.957. The van der Waals surface area contributed by atoms with E-state index < -0.39 is 66.6 Å². The number of aliphatic hydroxyl groups excluding tert-OH is 21. The van der Waals surface area contributed by atoms with Crippen LogP contribution in [0.15, 0.2) is 0 Å². The number of aliphatic carboxylic acids is 4. The highest BCUT2D eigenvalue weighted by Gasteiger charge is 2.05. The summed E-state index contributed by atoms with van der Waals surface area (Å²) < 4.78 is 0. The lowest BCUT2D eigenvalue weighted by atomic mass is 10.0. The normalized spacial score (nSPS) is 10.6. The number of rotatable bonds is 78. The minimum Gasteiger partial charge on any atom is -0.481 e. The van der Waals surface area contributed by atoms with Crippen molar-refractivity contribution in [2.75, 3.05) is 92.5 Å². The van der Waals surface area contributed by atoms with E-state index in [9.17, 15) is 19.2 Å². The van der Waals surface area contributed by atoms with Gasteiger partial charge >= 0.3 is 23.9 Å². The Morgan fingerprint density at radius 1 is 0.139 bits per heavy atom. The molecule has 0 aromatic rings. The maximum Gasteiger partial charge on any atom is 0.303 e. The highest BCUT2D eigenvalue weighted by Crippen LogP contribution is 2.19. The van der Waals surface area contributed by atoms with Crippen LogP contribution >= 0.6 is 0 Å². The molecule has 0 unspecified atom stereocenters. The summed E-state index contributed by atoms with van der Waals surface area (Å²) in [6.07, 6.45) is 74.1. The Bertz CT molecular complexity index is 1490. The Labute approximate surface area is 741 Å². The SMILES string of the molecule is CCCCCCCCCCCCCCCCCC(=O)O.CCCCCCCCCCCCCCCCCC(=O)O.CCCCCCCCCCCCCCCCCC(=O)O.CCCCCCCCCCCCCCCCCC(=O)O.OCC(O)CO.OCC(O)CO.OCC(O)CO.OCC(O)CO.OCC(O)CO.OCC(O)CO.OCC(O)CO. The van der Waals surface area contributed by atoms with E-state index in [1.165, 1.54) is 334 Å². The zero-order chi connectivity index (χ0) is 94.5. The lowest BCUT2D eigenvalue weighted by Crippen LogP contribution is -2.15. The van der Waals surface area contributed by atoms with Crippen LogP contribution in [0.5, 0.6) is 0 Å². The van der Waals surface area contributed by atoms with E-state index in [1.54, 1.807) is 0 Å². The van der Waals surface area contributed by atoms with Crippen LogP contribution in [0.3, 0.4) is 0 Å². The number of unbranched alkanes of at least 4 members (excludes halogenated alkanes) is 56. The minimum absolute atomic E-state index is 0.345. The van der Waals surface area contributed by atoms with Crippen molar-refractivity contribution in [1.29, 1.82) is 0 Å². The van der Waals surface area contributed by atoms with Gasteiger partial charge in [-0.25, -0.2) is 0 Å². The van der Waals surface area contributed by atoms with E-state index in [0.29, 0.717) is 25.7 Å². The van der Waals surface area contributed by atoms with Crippen LogP contribution in [-0.2, 0) is 19.2 Å². The molecule has 0 aliphatic rings. The van der Waals surface area contributed by atoms with Crippen molar-refractivity contribution in [3.63, 3.8) is 0 Å². The topological polar surface area (TPSA) is 574 Å². The summed E-state index contributed by atoms with van der Waals surface area (Å²) in [4.78, 5) is 41.3. The first-order valence-electron chi connectivity index (χ1n) is 47.9. The van der Waals surface area contributed by atoms with Crippen LogP contribution in [0.2, 0.25) is 0 Å². The van der Waals surface area contributed by atoms with Gasteiger partial charge in [-0.05, 0) is 25.7 Å². The molecule has 0 aliphatic carbocycles. The van der Waals surface area contributed by atoms with E-state index in [2.05, 4.69) is 27.7 Å². The monoisotopic (exact) mass is 1780 g/mol. The van der Waals surface area contributed by atoms with Crippen molar-refractivity contribution in [3.8, 4) is 0 Å². The van der Waals surface area contributed by atoms with E-state index >= 15 is 0 Å². The van der Waals surface area contributed by atoms with E-state index in [-0.39, 0.29) is 92.5 Å². The lowest BCUT2D eigenvalue weighted by Gasteiger charge is -2.03. The summed E-state index contributed by atoms with van der Waals surface area (Å²) >= 11 is 0. The molecule has 0 spiro atoms. The average Bonchev–Trinajstić information content (AvgIpc) is 1.12. The molecule has 29 nitrogen and oxygen atoms in total. The van der Waals surface area contributed by atoms with E-state index in [1.807, 2.05) is 0 Å². The standard InChI is InChI=1S/4C18H36O2.7C3H8O3/c4*1-2-3-4-5-6-7-8-9-10-11-12-13-14-15-16-17-18(19)20;7*4-1-3(6)2-5/h4*2-17H2,1H3,(H,19,20);7*3-6H,1-2H2. The molecule has 122 heavy (non-hydrogen) atoms. The smallest absolute Gasteiger partial charge is 0.303 e. The fourth-order valence-corrected chi connectivity index (χ4v) is 11.0. The van der Waals surface area contributed by atoms with Crippen LogP contribution in [0.4, 0.5) is 0 Å². The molecule has 0 saturated carbocycles. The van der Waals surface area contributed by atoms with Crippen molar-refractivity contribution in [2.45, 2.75) is 481 Å². The highest BCUT2D eigenvalue weighted by molar-refractivity contribution is 5.67. The fourth-order valence-electron chi connectivity index (χ4n) is 11.0. The molecule has 0 bridgehead atoms. The molecular formula is C93H200O29. The van der Waals surface area contributed by atoms with Crippen molar-refractivity contribution >= 4 is 23.9 Å². The zero-order valence-electron chi connectivity index (χ0n) is 78.0. The molecule has 0 aliphatic heterocycles. The molecule has 25 N–H and O–H groups in total. The van der Waals surface area contributed by atoms with E-state index in [0.717, 1.165) is 51.4 Å². The quantitative estimate of drug-likeness (QED) is 0.0251. The first kappa shape index (κ1) is 142.